The summed E-state index contributed by atoms with van der Waals surface area (Å²) >= 11 is 0. The number of halogens is 3. The van der Waals surface area contributed by atoms with Crippen LogP contribution in [-0.2, 0) is 4.74 Å². The van der Waals surface area contributed by atoms with Gasteiger partial charge in [-0.25, -0.2) is 0 Å². The number of nitrogens with one attached hydrogen (secondary N) is 1. The molecule has 130 valence electrons. The smallest absolute Gasteiger partial charge is 0.360 e. The molecular formula is C16H29F3N2O. The molecule has 2 fully saturated rings. The molecule has 22 heavy (non-hydrogen) atoms. The summed E-state index contributed by atoms with van der Waals surface area (Å²) in [5.41, 5.74) is -1.67. The Balaban J connectivity index is 1.90. The quantitative estimate of drug-likeness (QED) is 0.841. The van der Waals surface area contributed by atoms with Gasteiger partial charge in [0.1, 0.15) is 0 Å². The third kappa shape index (κ3) is 3.60. The molecule has 6 heteroatoms. The molecular weight excluding hydrogens is 293 g/mol. The van der Waals surface area contributed by atoms with Gasteiger partial charge in [0.05, 0.1) is 6.10 Å². The largest absolute Gasteiger partial charge is 0.419 e. The van der Waals surface area contributed by atoms with Gasteiger partial charge in [-0.3, -0.25) is 4.90 Å². The van der Waals surface area contributed by atoms with Crippen LogP contribution in [0.15, 0.2) is 0 Å². The average molecular weight is 322 g/mol. The molecule has 1 aliphatic heterocycles. The normalized spacial score (nSPS) is 33.0. The Kier molecular flexibility index (Phi) is 5.15. The minimum atomic E-state index is -4.29. The highest BCUT2D eigenvalue weighted by atomic mass is 19.4. The van der Waals surface area contributed by atoms with Gasteiger partial charge in [-0.1, -0.05) is 6.92 Å². The first-order valence-electron chi connectivity index (χ1n) is 8.24. The average Bonchev–Trinajstić information content (AvgIpc) is 2.33. The van der Waals surface area contributed by atoms with Gasteiger partial charge in [-0.2, -0.15) is 13.2 Å². The maximum absolute atomic E-state index is 13.3. The van der Waals surface area contributed by atoms with E-state index in [1.165, 1.54) is 0 Å². The van der Waals surface area contributed by atoms with Gasteiger partial charge in [-0.15, -0.1) is 0 Å². The van der Waals surface area contributed by atoms with Crippen molar-refractivity contribution in [1.29, 1.82) is 0 Å². The summed E-state index contributed by atoms with van der Waals surface area (Å²) in [4.78, 5) is 1.97. The number of hydrogen-bond donors (Lipinski definition) is 1. The molecule has 0 aromatic rings. The molecule has 2 rings (SSSR count). The Bertz CT molecular complexity index is 370. The Morgan fingerprint density at radius 3 is 2.18 bits per heavy atom. The fourth-order valence-electron chi connectivity index (χ4n) is 3.91. The fraction of sp³-hybridized carbons (Fsp3) is 1.00. The molecule has 0 amide bonds. The summed E-state index contributed by atoms with van der Waals surface area (Å²) in [5.74, 6) is 0. The topological polar surface area (TPSA) is 24.5 Å². The minimum absolute atomic E-state index is 0.0118. The maximum Gasteiger partial charge on any atom is 0.419 e. The minimum Gasteiger partial charge on any atom is -0.360 e. The summed E-state index contributed by atoms with van der Waals surface area (Å²) in [6, 6.07) is 0.274. The fourth-order valence-corrected chi connectivity index (χ4v) is 3.91. The van der Waals surface area contributed by atoms with Crippen LogP contribution in [0.5, 0.6) is 0 Å². The first-order valence-corrected chi connectivity index (χ1v) is 8.24. The van der Waals surface area contributed by atoms with E-state index >= 15 is 0 Å². The second-order valence-electron chi connectivity index (χ2n) is 7.64. The van der Waals surface area contributed by atoms with Crippen LogP contribution in [0.1, 0.15) is 46.5 Å². The van der Waals surface area contributed by atoms with Crippen molar-refractivity contribution in [1.82, 2.24) is 10.2 Å². The molecule has 3 nitrogen and oxygen atoms in total. The zero-order valence-corrected chi connectivity index (χ0v) is 14.1. The van der Waals surface area contributed by atoms with E-state index < -0.39 is 17.9 Å². The first-order chi connectivity index (χ1) is 10.1. The van der Waals surface area contributed by atoms with E-state index in [0.29, 0.717) is 0 Å². The molecule has 1 heterocycles. The lowest BCUT2D eigenvalue weighted by Crippen LogP contribution is -2.73. The molecule has 1 saturated heterocycles. The van der Waals surface area contributed by atoms with Gasteiger partial charge < -0.3 is 10.1 Å². The van der Waals surface area contributed by atoms with Crippen LogP contribution in [0.3, 0.4) is 0 Å². The van der Waals surface area contributed by atoms with Crippen LogP contribution in [0, 0.1) is 5.41 Å². The summed E-state index contributed by atoms with van der Waals surface area (Å²) < 4.78 is 45.2. The Morgan fingerprint density at radius 1 is 1.23 bits per heavy atom. The number of alkyl halides is 3. The van der Waals surface area contributed by atoms with Crippen LogP contribution in [0.2, 0.25) is 0 Å². The van der Waals surface area contributed by atoms with E-state index in [1.54, 1.807) is 13.8 Å². The molecule has 0 aromatic carbocycles. The molecule has 0 aromatic heterocycles. The van der Waals surface area contributed by atoms with Crippen molar-refractivity contribution >= 4 is 0 Å². The van der Waals surface area contributed by atoms with Crippen molar-refractivity contribution < 1.29 is 17.9 Å². The molecule has 0 atom stereocenters. The Labute approximate surface area is 131 Å². The molecule has 1 N–H and O–H groups in total. The maximum atomic E-state index is 13.3. The van der Waals surface area contributed by atoms with Crippen molar-refractivity contribution in [3.05, 3.63) is 0 Å². The van der Waals surface area contributed by atoms with Crippen molar-refractivity contribution in [2.24, 2.45) is 5.41 Å². The number of rotatable bonds is 5. The number of nitrogens with zero attached hydrogens (tertiary/aromatic N) is 1. The number of likely N-dealkylation sites (tertiary alicyclic amines) is 1. The van der Waals surface area contributed by atoms with E-state index in [0.717, 1.165) is 32.2 Å². The second kappa shape index (κ2) is 6.29. The third-order valence-corrected chi connectivity index (χ3v) is 5.18. The van der Waals surface area contributed by atoms with Crippen molar-refractivity contribution in [2.45, 2.75) is 70.4 Å². The zero-order chi connectivity index (χ0) is 16.6. The van der Waals surface area contributed by atoms with Crippen LogP contribution in [-0.4, -0.2) is 55.5 Å². The monoisotopic (exact) mass is 322 g/mol. The molecule has 0 bridgehead atoms. The van der Waals surface area contributed by atoms with E-state index in [-0.39, 0.29) is 24.5 Å². The molecule has 0 spiro atoms. The highest BCUT2D eigenvalue weighted by molar-refractivity contribution is 5.06. The lowest BCUT2D eigenvalue weighted by atomic mass is 9.72. The van der Waals surface area contributed by atoms with Gasteiger partial charge in [-0.05, 0) is 52.0 Å². The molecule has 0 radical (unpaired) electrons. The van der Waals surface area contributed by atoms with Gasteiger partial charge in [0, 0.05) is 25.7 Å². The van der Waals surface area contributed by atoms with Gasteiger partial charge >= 0.3 is 6.18 Å². The van der Waals surface area contributed by atoms with Crippen LogP contribution < -0.4 is 5.32 Å². The summed E-state index contributed by atoms with van der Waals surface area (Å²) in [6.07, 6.45) is -0.600. The summed E-state index contributed by atoms with van der Waals surface area (Å²) in [7, 11) is 1.95. The Hall–Kier alpha value is -0.330. The lowest BCUT2D eigenvalue weighted by Gasteiger charge is -2.55. The standard InChI is InChI=1S/C16H29F3N2O/c1-12(2)22-15(16(17,18)19)10-21(11-15)13-5-7-14(3,8-6-13)9-20-4/h12-13,20H,5-11H2,1-4H3. The van der Waals surface area contributed by atoms with Crippen LogP contribution >= 0.6 is 0 Å². The zero-order valence-electron chi connectivity index (χ0n) is 14.1. The van der Waals surface area contributed by atoms with Crippen molar-refractivity contribution in [3.63, 3.8) is 0 Å². The highest BCUT2D eigenvalue weighted by Crippen LogP contribution is 2.45. The van der Waals surface area contributed by atoms with Gasteiger partial charge in [0.2, 0.25) is 0 Å². The van der Waals surface area contributed by atoms with E-state index in [9.17, 15) is 13.2 Å². The molecule has 2 aliphatic rings. The summed E-state index contributed by atoms with van der Waals surface area (Å²) in [5, 5.41) is 3.22. The van der Waals surface area contributed by atoms with E-state index in [4.69, 9.17) is 4.74 Å². The predicted octanol–water partition coefficient (Wildman–Crippen LogP) is 3.20. The van der Waals surface area contributed by atoms with E-state index in [1.807, 2.05) is 11.9 Å². The van der Waals surface area contributed by atoms with Crippen LogP contribution in [0.4, 0.5) is 13.2 Å². The predicted molar refractivity (Wildman–Crippen MR) is 80.9 cm³/mol. The second-order valence-corrected chi connectivity index (χ2v) is 7.64. The highest BCUT2D eigenvalue weighted by Gasteiger charge is 2.64. The lowest BCUT2D eigenvalue weighted by molar-refractivity contribution is -0.332. The number of hydrogen-bond acceptors (Lipinski definition) is 3. The van der Waals surface area contributed by atoms with Crippen LogP contribution in [0.25, 0.3) is 0 Å². The SMILES string of the molecule is CNCC1(C)CCC(N2CC(OC(C)C)(C(F)(F)F)C2)CC1. The van der Waals surface area contributed by atoms with E-state index in [2.05, 4.69) is 12.2 Å². The first kappa shape index (κ1) is 18.0. The van der Waals surface area contributed by atoms with Gasteiger partial charge in [0.15, 0.2) is 5.60 Å². The van der Waals surface area contributed by atoms with Gasteiger partial charge in [0.25, 0.3) is 0 Å². The molecule has 1 saturated carbocycles. The van der Waals surface area contributed by atoms with Crippen molar-refractivity contribution in [2.75, 3.05) is 26.7 Å². The Morgan fingerprint density at radius 2 is 1.77 bits per heavy atom. The molecule has 0 unspecified atom stereocenters. The number of ether oxygens (including phenoxy) is 1. The molecule has 1 aliphatic carbocycles. The summed E-state index contributed by atoms with van der Waals surface area (Å²) in [6.45, 7) is 6.55. The van der Waals surface area contributed by atoms with Crippen molar-refractivity contribution in [3.8, 4) is 0 Å². The third-order valence-electron chi connectivity index (χ3n) is 5.18.